The van der Waals surface area contributed by atoms with E-state index in [4.69, 9.17) is 14.0 Å². The van der Waals surface area contributed by atoms with Crippen LogP contribution in [0.3, 0.4) is 0 Å². The number of benzene rings is 2. The summed E-state index contributed by atoms with van der Waals surface area (Å²) in [5.41, 5.74) is 2.89. The summed E-state index contributed by atoms with van der Waals surface area (Å²) in [4.78, 5) is 8.88. The Morgan fingerprint density at radius 3 is 2.67 bits per heavy atom. The summed E-state index contributed by atoms with van der Waals surface area (Å²) >= 11 is 0. The lowest BCUT2D eigenvalue weighted by molar-refractivity contribution is 0.242. The molecule has 2 aromatic carbocycles. The Bertz CT molecular complexity index is 1040. The Morgan fingerprint density at radius 1 is 1.07 bits per heavy atom. The molecule has 0 aliphatic heterocycles. The number of aromatic nitrogens is 4. The minimum Gasteiger partial charge on any atom is -0.497 e. The second kappa shape index (κ2) is 7.49. The van der Waals surface area contributed by atoms with Gasteiger partial charge in [-0.1, -0.05) is 12.1 Å². The van der Waals surface area contributed by atoms with Gasteiger partial charge in [0.25, 0.3) is 5.89 Å². The fourth-order valence-electron chi connectivity index (χ4n) is 2.87. The molecular weight excluding hydrogens is 344 g/mol. The van der Waals surface area contributed by atoms with E-state index in [0.29, 0.717) is 17.5 Å². The van der Waals surface area contributed by atoms with Gasteiger partial charge in [-0.2, -0.15) is 4.98 Å². The Hall–Kier alpha value is -3.35. The average Bonchev–Trinajstić information content (AvgIpc) is 3.34. The molecule has 4 rings (SSSR count). The largest absolute Gasteiger partial charge is 0.497 e. The van der Waals surface area contributed by atoms with Crippen molar-refractivity contribution in [1.82, 2.24) is 19.7 Å². The number of ether oxygens (including phenoxy) is 2. The molecule has 27 heavy (non-hydrogen) atoms. The van der Waals surface area contributed by atoms with Gasteiger partial charge in [-0.3, -0.25) is 0 Å². The SMILES string of the molecule is CCCn1cnc2cc(-c3noc(COc4ccc(OC)cc4)n3)ccc21. The van der Waals surface area contributed by atoms with Gasteiger partial charge in [-0.05, 0) is 48.9 Å². The zero-order chi connectivity index (χ0) is 18.6. The molecule has 2 heterocycles. The molecule has 0 saturated heterocycles. The highest BCUT2D eigenvalue weighted by atomic mass is 16.5. The zero-order valence-electron chi connectivity index (χ0n) is 15.3. The van der Waals surface area contributed by atoms with Gasteiger partial charge in [0.05, 0.1) is 24.5 Å². The van der Waals surface area contributed by atoms with Gasteiger partial charge in [0.15, 0.2) is 6.61 Å². The lowest BCUT2D eigenvalue weighted by Crippen LogP contribution is -1.96. The predicted octanol–water partition coefficient (Wildman–Crippen LogP) is 4.08. The first kappa shape index (κ1) is 17.1. The summed E-state index contributed by atoms with van der Waals surface area (Å²) in [7, 11) is 1.63. The van der Waals surface area contributed by atoms with E-state index in [9.17, 15) is 0 Å². The van der Waals surface area contributed by atoms with Crippen molar-refractivity contribution in [3.8, 4) is 22.9 Å². The van der Waals surface area contributed by atoms with Crippen LogP contribution in [0.2, 0.25) is 0 Å². The minimum absolute atomic E-state index is 0.201. The predicted molar refractivity (Wildman–Crippen MR) is 101 cm³/mol. The maximum atomic E-state index is 5.67. The monoisotopic (exact) mass is 364 g/mol. The zero-order valence-corrected chi connectivity index (χ0v) is 15.3. The summed E-state index contributed by atoms with van der Waals surface area (Å²) in [6.45, 7) is 3.30. The molecule has 4 aromatic rings. The molecule has 0 atom stereocenters. The van der Waals surface area contributed by atoms with Crippen molar-refractivity contribution in [2.45, 2.75) is 26.5 Å². The van der Waals surface area contributed by atoms with E-state index in [2.05, 4.69) is 26.6 Å². The van der Waals surface area contributed by atoms with Crippen LogP contribution in [0.25, 0.3) is 22.4 Å². The number of nitrogens with zero attached hydrogens (tertiary/aromatic N) is 4. The highest BCUT2D eigenvalue weighted by Gasteiger charge is 2.11. The number of rotatable bonds is 7. The van der Waals surface area contributed by atoms with Crippen molar-refractivity contribution in [1.29, 1.82) is 0 Å². The van der Waals surface area contributed by atoms with Crippen LogP contribution in [0.4, 0.5) is 0 Å². The molecule has 0 unspecified atom stereocenters. The third-order valence-electron chi connectivity index (χ3n) is 4.23. The first-order chi connectivity index (χ1) is 13.3. The van der Waals surface area contributed by atoms with Gasteiger partial charge in [-0.15, -0.1) is 0 Å². The molecule has 0 bridgehead atoms. The summed E-state index contributed by atoms with van der Waals surface area (Å²) in [6.07, 6.45) is 2.93. The van der Waals surface area contributed by atoms with Crippen LogP contribution in [-0.2, 0) is 13.2 Å². The standard InChI is InChI=1S/C20H20N4O3/c1-3-10-24-13-21-17-11-14(4-9-18(17)24)20-22-19(27-23-20)12-26-16-7-5-15(25-2)6-8-16/h4-9,11,13H,3,10,12H2,1-2H3. The first-order valence-corrected chi connectivity index (χ1v) is 8.81. The van der Waals surface area contributed by atoms with Crippen molar-refractivity contribution in [2.24, 2.45) is 0 Å². The molecule has 7 heteroatoms. The van der Waals surface area contributed by atoms with Crippen molar-refractivity contribution < 1.29 is 14.0 Å². The van der Waals surface area contributed by atoms with E-state index in [0.717, 1.165) is 35.3 Å². The topological polar surface area (TPSA) is 75.2 Å². The molecule has 0 aliphatic carbocycles. The molecule has 7 nitrogen and oxygen atoms in total. The van der Waals surface area contributed by atoms with Gasteiger partial charge in [0.1, 0.15) is 11.5 Å². The number of hydrogen-bond donors (Lipinski definition) is 0. The van der Waals surface area contributed by atoms with Gasteiger partial charge < -0.3 is 18.6 Å². The highest BCUT2D eigenvalue weighted by Crippen LogP contribution is 2.23. The third-order valence-corrected chi connectivity index (χ3v) is 4.23. The van der Waals surface area contributed by atoms with Gasteiger partial charge in [0, 0.05) is 12.1 Å². The van der Waals surface area contributed by atoms with E-state index in [1.54, 1.807) is 7.11 Å². The number of hydrogen-bond acceptors (Lipinski definition) is 6. The van der Waals surface area contributed by atoms with Crippen molar-refractivity contribution in [3.63, 3.8) is 0 Å². The minimum atomic E-state index is 0.201. The Labute approximate surface area is 156 Å². The normalized spacial score (nSPS) is 11.0. The Morgan fingerprint density at radius 2 is 1.89 bits per heavy atom. The molecule has 0 radical (unpaired) electrons. The fraction of sp³-hybridized carbons (Fsp3) is 0.250. The van der Waals surface area contributed by atoms with Crippen LogP contribution in [0.5, 0.6) is 11.5 Å². The smallest absolute Gasteiger partial charge is 0.264 e. The first-order valence-electron chi connectivity index (χ1n) is 8.81. The second-order valence-electron chi connectivity index (χ2n) is 6.12. The van der Waals surface area contributed by atoms with Crippen LogP contribution in [0, 0.1) is 0 Å². The number of fused-ring (bicyclic) bond motifs is 1. The summed E-state index contributed by atoms with van der Waals surface area (Å²) < 4.78 is 18.2. The Kier molecular flexibility index (Phi) is 4.74. The number of methoxy groups -OCH3 is 1. The molecule has 0 N–H and O–H groups in total. The third kappa shape index (κ3) is 3.62. The number of imidazole rings is 1. The van der Waals surface area contributed by atoms with Gasteiger partial charge in [-0.25, -0.2) is 4.98 Å². The van der Waals surface area contributed by atoms with Crippen LogP contribution in [-0.4, -0.2) is 26.8 Å². The molecule has 0 aliphatic rings. The molecule has 138 valence electrons. The van der Waals surface area contributed by atoms with Crippen molar-refractivity contribution in [3.05, 3.63) is 54.7 Å². The van der Waals surface area contributed by atoms with Crippen LogP contribution >= 0.6 is 0 Å². The van der Waals surface area contributed by atoms with Crippen LogP contribution in [0.15, 0.2) is 53.3 Å². The van der Waals surface area contributed by atoms with E-state index in [-0.39, 0.29) is 6.61 Å². The molecule has 0 fully saturated rings. The maximum Gasteiger partial charge on any atom is 0.264 e. The van der Waals surface area contributed by atoms with Crippen LogP contribution < -0.4 is 9.47 Å². The van der Waals surface area contributed by atoms with Gasteiger partial charge >= 0.3 is 0 Å². The van der Waals surface area contributed by atoms with Gasteiger partial charge in [0.2, 0.25) is 5.82 Å². The molecule has 0 amide bonds. The molecule has 2 aromatic heterocycles. The van der Waals surface area contributed by atoms with Crippen LogP contribution in [0.1, 0.15) is 19.2 Å². The van der Waals surface area contributed by atoms with E-state index in [1.165, 1.54) is 0 Å². The van der Waals surface area contributed by atoms with Crippen molar-refractivity contribution >= 4 is 11.0 Å². The summed E-state index contributed by atoms with van der Waals surface area (Å²) in [5.74, 6) is 2.42. The van der Waals surface area contributed by atoms with E-state index in [1.807, 2.05) is 48.8 Å². The molecule has 0 saturated carbocycles. The number of aryl methyl sites for hydroxylation is 1. The lowest BCUT2D eigenvalue weighted by atomic mass is 10.2. The fourth-order valence-corrected chi connectivity index (χ4v) is 2.87. The lowest BCUT2D eigenvalue weighted by Gasteiger charge is -2.04. The van der Waals surface area contributed by atoms with E-state index >= 15 is 0 Å². The maximum absolute atomic E-state index is 5.67. The summed E-state index contributed by atoms with van der Waals surface area (Å²) in [6, 6.07) is 13.3. The average molecular weight is 364 g/mol. The van der Waals surface area contributed by atoms with E-state index < -0.39 is 0 Å². The quantitative estimate of drug-likeness (QED) is 0.492. The molecule has 0 spiro atoms. The Balaban J connectivity index is 1.47. The highest BCUT2D eigenvalue weighted by molar-refractivity contribution is 5.80. The molecular formula is C20H20N4O3. The summed E-state index contributed by atoms with van der Waals surface area (Å²) in [5, 5.41) is 4.06. The van der Waals surface area contributed by atoms with Crippen molar-refractivity contribution in [2.75, 3.05) is 7.11 Å². The second-order valence-corrected chi connectivity index (χ2v) is 6.12.